The number of aromatic amines is 1. The van der Waals surface area contributed by atoms with Gasteiger partial charge < -0.3 is 9.32 Å². The van der Waals surface area contributed by atoms with E-state index in [0.29, 0.717) is 17.2 Å². The molecular weight excluding hydrogens is 268 g/mol. The highest BCUT2D eigenvalue weighted by Crippen LogP contribution is 2.26. The van der Waals surface area contributed by atoms with Gasteiger partial charge in [0.1, 0.15) is 11.6 Å². The first-order valence-electron chi connectivity index (χ1n) is 7.43. The maximum absolute atomic E-state index is 12.4. The maximum Gasteiger partial charge on any atom is 0.257 e. The molecule has 1 amide bonds. The van der Waals surface area contributed by atoms with Crippen molar-refractivity contribution in [3.05, 3.63) is 35.3 Å². The molecule has 0 unspecified atom stereocenters. The second-order valence-electron chi connectivity index (χ2n) is 5.45. The Morgan fingerprint density at radius 2 is 2.24 bits per heavy atom. The lowest BCUT2D eigenvalue weighted by atomic mass is 9.95. The van der Waals surface area contributed by atoms with Crippen LogP contribution in [0.15, 0.2) is 16.7 Å². The number of aryl methyl sites for hydroxylation is 2. The Hall–Kier alpha value is -2.11. The number of H-pyrrole nitrogens is 1. The average molecular weight is 288 g/mol. The van der Waals surface area contributed by atoms with E-state index in [-0.39, 0.29) is 5.91 Å². The molecule has 112 valence electrons. The fourth-order valence-corrected chi connectivity index (χ4v) is 2.77. The summed E-state index contributed by atoms with van der Waals surface area (Å²) in [6, 6.07) is 1.74. The summed E-state index contributed by atoms with van der Waals surface area (Å²) in [6.45, 7) is 5.35. The fourth-order valence-electron chi connectivity index (χ4n) is 2.77. The van der Waals surface area contributed by atoms with Crippen molar-refractivity contribution < 1.29 is 9.21 Å². The summed E-state index contributed by atoms with van der Waals surface area (Å²) in [4.78, 5) is 18.8. The third-order valence-electron chi connectivity index (χ3n) is 4.12. The topological polar surface area (TPSA) is 75.0 Å². The average Bonchev–Trinajstić information content (AvgIpc) is 3.15. The standard InChI is InChI=1S/C15H20N4O2/c1-3-13-16-14(18-17-13)11-4-7-19(8-5-11)15(20)12-6-9-21-10(12)2/h6,9,11H,3-5,7-8H2,1-2H3,(H,16,17,18). The first kappa shape index (κ1) is 13.9. The predicted octanol–water partition coefficient (Wildman–Crippen LogP) is 2.29. The van der Waals surface area contributed by atoms with Crippen LogP contribution in [0.2, 0.25) is 0 Å². The lowest BCUT2D eigenvalue weighted by molar-refractivity contribution is 0.0709. The normalized spacial score (nSPS) is 16.4. The van der Waals surface area contributed by atoms with Crippen molar-refractivity contribution in [1.82, 2.24) is 20.1 Å². The van der Waals surface area contributed by atoms with E-state index in [1.165, 1.54) is 0 Å². The van der Waals surface area contributed by atoms with Gasteiger partial charge in [0.25, 0.3) is 5.91 Å². The molecule has 3 rings (SSSR count). The number of hydrogen-bond acceptors (Lipinski definition) is 4. The van der Waals surface area contributed by atoms with Crippen molar-refractivity contribution in [3.8, 4) is 0 Å². The molecular formula is C15H20N4O2. The first-order chi connectivity index (χ1) is 10.2. The van der Waals surface area contributed by atoms with Crippen molar-refractivity contribution in [2.75, 3.05) is 13.1 Å². The van der Waals surface area contributed by atoms with Crippen LogP contribution in [0.1, 0.15) is 53.5 Å². The van der Waals surface area contributed by atoms with Gasteiger partial charge >= 0.3 is 0 Å². The third kappa shape index (κ3) is 2.70. The molecule has 21 heavy (non-hydrogen) atoms. The van der Waals surface area contributed by atoms with Gasteiger partial charge in [-0.25, -0.2) is 4.98 Å². The number of amides is 1. The van der Waals surface area contributed by atoms with Crippen LogP contribution in [-0.2, 0) is 6.42 Å². The molecule has 0 atom stereocenters. The number of carbonyl (C=O) groups is 1. The molecule has 0 radical (unpaired) electrons. The van der Waals surface area contributed by atoms with Crippen LogP contribution in [0.4, 0.5) is 0 Å². The molecule has 1 saturated heterocycles. The van der Waals surface area contributed by atoms with Gasteiger partial charge in [-0.2, -0.15) is 5.10 Å². The first-order valence-corrected chi connectivity index (χ1v) is 7.43. The van der Waals surface area contributed by atoms with E-state index >= 15 is 0 Å². The summed E-state index contributed by atoms with van der Waals surface area (Å²) in [7, 11) is 0. The van der Waals surface area contributed by atoms with E-state index in [4.69, 9.17) is 4.42 Å². The summed E-state index contributed by atoms with van der Waals surface area (Å²) < 4.78 is 5.21. The minimum Gasteiger partial charge on any atom is -0.469 e. The zero-order valence-electron chi connectivity index (χ0n) is 12.4. The van der Waals surface area contributed by atoms with Crippen LogP contribution >= 0.6 is 0 Å². The highest BCUT2D eigenvalue weighted by Gasteiger charge is 2.27. The summed E-state index contributed by atoms with van der Waals surface area (Å²) in [5.74, 6) is 2.90. The number of carbonyl (C=O) groups excluding carboxylic acids is 1. The van der Waals surface area contributed by atoms with E-state index in [1.807, 2.05) is 11.8 Å². The summed E-state index contributed by atoms with van der Waals surface area (Å²) in [5.41, 5.74) is 0.666. The monoisotopic (exact) mass is 288 g/mol. The molecule has 1 fully saturated rings. The van der Waals surface area contributed by atoms with Crippen molar-refractivity contribution in [3.63, 3.8) is 0 Å². The van der Waals surface area contributed by atoms with Crippen LogP contribution in [0, 0.1) is 6.92 Å². The largest absolute Gasteiger partial charge is 0.469 e. The highest BCUT2D eigenvalue weighted by atomic mass is 16.3. The van der Waals surface area contributed by atoms with Crippen molar-refractivity contribution in [2.24, 2.45) is 0 Å². The molecule has 0 aromatic carbocycles. The molecule has 2 aromatic rings. The second kappa shape index (κ2) is 5.71. The Labute approximate surface area is 123 Å². The molecule has 1 N–H and O–H groups in total. The number of rotatable bonds is 3. The molecule has 2 aromatic heterocycles. The van der Waals surface area contributed by atoms with E-state index < -0.39 is 0 Å². The van der Waals surface area contributed by atoms with Gasteiger partial charge in [-0.05, 0) is 25.8 Å². The number of piperidine rings is 1. The van der Waals surface area contributed by atoms with Gasteiger partial charge in [-0.3, -0.25) is 9.89 Å². The summed E-state index contributed by atoms with van der Waals surface area (Å²) in [5, 5.41) is 7.25. The van der Waals surface area contributed by atoms with Crippen LogP contribution in [0.25, 0.3) is 0 Å². The Bertz CT molecular complexity index is 623. The van der Waals surface area contributed by atoms with Crippen molar-refractivity contribution in [1.29, 1.82) is 0 Å². The van der Waals surface area contributed by atoms with Crippen LogP contribution in [0.3, 0.4) is 0 Å². The zero-order valence-corrected chi connectivity index (χ0v) is 12.4. The SMILES string of the molecule is CCc1nc(C2CCN(C(=O)c3ccoc3C)CC2)n[nH]1. The minimum absolute atomic E-state index is 0.0592. The van der Waals surface area contributed by atoms with Gasteiger partial charge in [0, 0.05) is 25.4 Å². The van der Waals surface area contributed by atoms with Crippen LogP contribution in [0.5, 0.6) is 0 Å². The van der Waals surface area contributed by atoms with Crippen LogP contribution in [-0.4, -0.2) is 39.1 Å². The Kier molecular flexibility index (Phi) is 3.77. The van der Waals surface area contributed by atoms with Crippen molar-refractivity contribution in [2.45, 2.75) is 39.0 Å². The van der Waals surface area contributed by atoms with Gasteiger partial charge in [0.15, 0.2) is 5.82 Å². The van der Waals surface area contributed by atoms with Gasteiger partial charge in [-0.1, -0.05) is 6.92 Å². The van der Waals surface area contributed by atoms with Crippen LogP contribution < -0.4 is 0 Å². The summed E-state index contributed by atoms with van der Waals surface area (Å²) >= 11 is 0. The van der Waals surface area contributed by atoms with Gasteiger partial charge in [0.05, 0.1) is 11.8 Å². The fraction of sp³-hybridized carbons (Fsp3) is 0.533. The van der Waals surface area contributed by atoms with Gasteiger partial charge in [-0.15, -0.1) is 0 Å². The Morgan fingerprint density at radius 3 is 2.81 bits per heavy atom. The molecule has 0 spiro atoms. The number of aromatic nitrogens is 3. The minimum atomic E-state index is 0.0592. The molecule has 6 nitrogen and oxygen atoms in total. The number of furan rings is 1. The van der Waals surface area contributed by atoms with E-state index in [1.54, 1.807) is 12.3 Å². The Morgan fingerprint density at radius 1 is 1.48 bits per heavy atom. The molecule has 1 aliphatic rings. The molecule has 1 aliphatic heterocycles. The lowest BCUT2D eigenvalue weighted by Gasteiger charge is -2.30. The maximum atomic E-state index is 12.4. The number of nitrogens with zero attached hydrogens (tertiary/aromatic N) is 3. The molecule has 6 heteroatoms. The second-order valence-corrected chi connectivity index (χ2v) is 5.45. The Balaban J connectivity index is 1.62. The molecule has 0 aliphatic carbocycles. The van der Waals surface area contributed by atoms with E-state index in [2.05, 4.69) is 22.1 Å². The molecule has 0 saturated carbocycles. The zero-order chi connectivity index (χ0) is 14.8. The smallest absolute Gasteiger partial charge is 0.257 e. The van der Waals surface area contributed by atoms with Crippen molar-refractivity contribution >= 4 is 5.91 Å². The lowest BCUT2D eigenvalue weighted by Crippen LogP contribution is -2.38. The highest BCUT2D eigenvalue weighted by molar-refractivity contribution is 5.95. The third-order valence-corrected chi connectivity index (χ3v) is 4.12. The summed E-state index contributed by atoms with van der Waals surface area (Å²) in [6.07, 6.45) is 4.24. The molecule has 3 heterocycles. The number of likely N-dealkylation sites (tertiary alicyclic amines) is 1. The van der Waals surface area contributed by atoms with E-state index in [0.717, 1.165) is 44.0 Å². The van der Waals surface area contributed by atoms with E-state index in [9.17, 15) is 4.79 Å². The number of nitrogens with one attached hydrogen (secondary N) is 1. The quantitative estimate of drug-likeness (QED) is 0.940. The molecule has 0 bridgehead atoms. The van der Waals surface area contributed by atoms with Gasteiger partial charge in [0.2, 0.25) is 0 Å². The predicted molar refractivity (Wildman–Crippen MR) is 77.1 cm³/mol. The number of hydrogen-bond donors (Lipinski definition) is 1.